The Morgan fingerprint density at radius 1 is 1.23 bits per heavy atom. The molecule has 68 valence electrons. The van der Waals surface area contributed by atoms with Gasteiger partial charge in [-0.25, -0.2) is 2.90 Å². The van der Waals surface area contributed by atoms with E-state index < -0.39 is 0 Å². The van der Waals surface area contributed by atoms with E-state index in [0.717, 1.165) is 11.1 Å². The maximum absolute atomic E-state index is 5.86. The van der Waals surface area contributed by atoms with Crippen LogP contribution >= 0.6 is 46.1 Å². The van der Waals surface area contributed by atoms with E-state index in [-0.39, 0.29) is 0 Å². The van der Waals surface area contributed by atoms with Gasteiger partial charge in [-0.1, -0.05) is 23.2 Å². The number of hydrogen-bond acceptors (Lipinski definition) is 3. The molecule has 7 heteroatoms. The number of halogens is 3. The average molecular weight is 329 g/mol. The molecule has 0 saturated carbocycles. The lowest BCUT2D eigenvalue weighted by Crippen LogP contribution is -1.87. The van der Waals surface area contributed by atoms with Crippen LogP contribution in [0.5, 0.6) is 0 Å². The lowest BCUT2D eigenvalue weighted by molar-refractivity contribution is 1.02. The first kappa shape index (κ1) is 9.42. The zero-order valence-electron chi connectivity index (χ0n) is 6.42. The molecule has 0 aliphatic heterocycles. The number of fused-ring (bicyclic) bond motifs is 1. The van der Waals surface area contributed by atoms with Gasteiger partial charge in [-0.15, -0.1) is 10.2 Å². The highest BCUT2D eigenvalue weighted by molar-refractivity contribution is 14.1. The molecule has 2 aromatic rings. The molecular weight excluding hydrogens is 326 g/mol. The molecule has 2 aromatic heterocycles. The van der Waals surface area contributed by atoms with Gasteiger partial charge in [0.25, 0.3) is 0 Å². The van der Waals surface area contributed by atoms with Crippen molar-refractivity contribution >= 4 is 57.0 Å². The number of nitrogens with zero attached hydrogens (tertiary/aromatic N) is 4. The van der Waals surface area contributed by atoms with Crippen molar-refractivity contribution in [2.45, 2.75) is 6.92 Å². The van der Waals surface area contributed by atoms with Crippen molar-refractivity contribution in [1.29, 1.82) is 0 Å². The Labute approximate surface area is 97.7 Å². The molecule has 0 aromatic carbocycles. The Bertz CT molecular complexity index is 439. The van der Waals surface area contributed by atoms with Crippen molar-refractivity contribution in [2.24, 2.45) is 0 Å². The van der Waals surface area contributed by atoms with Crippen LogP contribution < -0.4 is 0 Å². The summed E-state index contributed by atoms with van der Waals surface area (Å²) in [6, 6.07) is 0. The minimum atomic E-state index is 0.314. The van der Waals surface area contributed by atoms with E-state index in [1.165, 1.54) is 0 Å². The van der Waals surface area contributed by atoms with Crippen LogP contribution in [0.25, 0.3) is 10.9 Å². The highest BCUT2D eigenvalue weighted by Crippen LogP contribution is 2.29. The van der Waals surface area contributed by atoms with Crippen molar-refractivity contribution in [2.75, 3.05) is 0 Å². The van der Waals surface area contributed by atoms with Gasteiger partial charge in [0, 0.05) is 0 Å². The molecule has 2 rings (SSSR count). The molecule has 0 amide bonds. The molecule has 0 spiro atoms. The van der Waals surface area contributed by atoms with Crippen LogP contribution in [0.3, 0.4) is 0 Å². The molecule has 0 N–H and O–H groups in total. The second-order valence-corrected chi connectivity index (χ2v) is 4.08. The third kappa shape index (κ3) is 1.38. The molecule has 0 unspecified atom stereocenters. The second kappa shape index (κ2) is 3.21. The highest BCUT2D eigenvalue weighted by atomic mass is 127. The molecule has 0 aliphatic carbocycles. The van der Waals surface area contributed by atoms with Gasteiger partial charge in [0.15, 0.2) is 10.3 Å². The molecule has 0 saturated heterocycles. The van der Waals surface area contributed by atoms with Crippen LogP contribution in [0.1, 0.15) is 5.69 Å². The Hall–Kier alpha value is -0.140. The summed E-state index contributed by atoms with van der Waals surface area (Å²) in [6.45, 7) is 1.85. The molecule has 0 radical (unpaired) electrons. The van der Waals surface area contributed by atoms with Crippen LogP contribution in [-0.2, 0) is 0 Å². The fourth-order valence-electron chi connectivity index (χ4n) is 1.11. The maximum Gasteiger partial charge on any atom is 0.178 e. The lowest BCUT2D eigenvalue weighted by atomic mass is 10.3. The number of rotatable bonds is 0. The van der Waals surface area contributed by atoms with Gasteiger partial charge in [0.2, 0.25) is 0 Å². The highest BCUT2D eigenvalue weighted by Gasteiger charge is 2.14. The molecule has 0 aliphatic rings. The summed E-state index contributed by atoms with van der Waals surface area (Å²) in [5.74, 6) is 0. The third-order valence-electron chi connectivity index (χ3n) is 1.65. The van der Waals surface area contributed by atoms with Crippen molar-refractivity contribution in [3.8, 4) is 0 Å². The fraction of sp³-hybridized carbons (Fsp3) is 0.167. The normalized spacial score (nSPS) is 11.1. The minimum absolute atomic E-state index is 0.314. The van der Waals surface area contributed by atoms with Gasteiger partial charge >= 0.3 is 0 Å². The summed E-state index contributed by atoms with van der Waals surface area (Å²) in [7, 11) is 0. The predicted octanol–water partition coefficient (Wildman–Crippen LogP) is 2.64. The summed E-state index contributed by atoms with van der Waals surface area (Å²) in [5.41, 5.74) is 1.51. The average Bonchev–Trinajstić information content (AvgIpc) is 2.36. The smallest absolute Gasteiger partial charge is 0.178 e. The van der Waals surface area contributed by atoms with E-state index in [4.69, 9.17) is 23.2 Å². The van der Waals surface area contributed by atoms with E-state index in [0.29, 0.717) is 15.8 Å². The molecule has 13 heavy (non-hydrogen) atoms. The molecule has 0 atom stereocenters. The first-order valence-electron chi connectivity index (χ1n) is 3.34. The van der Waals surface area contributed by atoms with Gasteiger partial charge in [-0.3, -0.25) is 0 Å². The summed E-state index contributed by atoms with van der Waals surface area (Å²) in [6.07, 6.45) is 0. The first-order chi connectivity index (χ1) is 6.11. The van der Waals surface area contributed by atoms with Gasteiger partial charge in [0.05, 0.1) is 33.9 Å². The molecule has 0 bridgehead atoms. The minimum Gasteiger partial charge on any atom is -0.200 e. The van der Waals surface area contributed by atoms with Gasteiger partial charge in [-0.2, -0.15) is 5.10 Å². The summed E-state index contributed by atoms with van der Waals surface area (Å²) in [5, 5.41) is 13.0. The van der Waals surface area contributed by atoms with Crippen molar-refractivity contribution in [3.63, 3.8) is 0 Å². The Morgan fingerprint density at radius 2 is 1.85 bits per heavy atom. The largest absolute Gasteiger partial charge is 0.200 e. The van der Waals surface area contributed by atoms with Crippen molar-refractivity contribution < 1.29 is 0 Å². The van der Waals surface area contributed by atoms with Crippen LogP contribution in [0.2, 0.25) is 10.3 Å². The topological polar surface area (TPSA) is 43.6 Å². The Kier molecular flexibility index (Phi) is 2.33. The molecule has 2 heterocycles. The molecule has 4 nitrogen and oxygen atoms in total. The van der Waals surface area contributed by atoms with Gasteiger partial charge < -0.3 is 0 Å². The molecule has 0 fully saturated rings. The van der Waals surface area contributed by atoms with Crippen molar-refractivity contribution in [1.82, 2.24) is 18.2 Å². The van der Waals surface area contributed by atoms with E-state index in [9.17, 15) is 0 Å². The van der Waals surface area contributed by atoms with Crippen LogP contribution in [0.4, 0.5) is 0 Å². The second-order valence-electron chi connectivity index (χ2n) is 2.45. The maximum atomic E-state index is 5.86. The third-order valence-corrected chi connectivity index (χ3v) is 2.87. The standard InChI is InChI=1S/C6H3Cl2IN4/c1-2-3-4(13(9)12-2)6(8)11-10-5(3)7/h1H3. The SMILES string of the molecule is Cc1nn(I)c2c(Cl)nnc(Cl)c12. The number of aromatic nitrogens is 4. The first-order valence-corrected chi connectivity index (χ1v) is 5.06. The van der Waals surface area contributed by atoms with Crippen LogP contribution in [-0.4, -0.2) is 18.2 Å². The lowest BCUT2D eigenvalue weighted by Gasteiger charge is -1.94. The van der Waals surface area contributed by atoms with Crippen molar-refractivity contribution in [3.05, 3.63) is 16.0 Å². The quantitative estimate of drug-likeness (QED) is 0.698. The Balaban J connectivity index is 3.03. The van der Waals surface area contributed by atoms with E-state index >= 15 is 0 Å². The summed E-state index contributed by atoms with van der Waals surface area (Å²) in [4.78, 5) is 0. The van der Waals surface area contributed by atoms with Crippen LogP contribution in [0, 0.1) is 6.92 Å². The summed E-state index contributed by atoms with van der Waals surface area (Å²) >= 11 is 13.7. The van der Waals surface area contributed by atoms with E-state index in [1.54, 1.807) is 2.90 Å². The van der Waals surface area contributed by atoms with E-state index in [2.05, 4.69) is 15.3 Å². The number of aryl methyl sites for hydroxylation is 1. The summed E-state index contributed by atoms with van der Waals surface area (Å²) < 4.78 is 1.62. The van der Waals surface area contributed by atoms with E-state index in [1.807, 2.05) is 29.8 Å². The zero-order chi connectivity index (χ0) is 9.59. The zero-order valence-corrected chi connectivity index (χ0v) is 10.1. The monoisotopic (exact) mass is 328 g/mol. The number of hydrogen-bond donors (Lipinski definition) is 0. The van der Waals surface area contributed by atoms with Gasteiger partial charge in [-0.05, 0) is 6.92 Å². The van der Waals surface area contributed by atoms with Gasteiger partial charge in [0.1, 0.15) is 5.52 Å². The predicted molar refractivity (Wildman–Crippen MR) is 59.5 cm³/mol. The fourth-order valence-corrected chi connectivity index (χ4v) is 2.52. The molecular formula is C6H3Cl2IN4. The Morgan fingerprint density at radius 3 is 2.46 bits per heavy atom. The van der Waals surface area contributed by atoms with Crippen LogP contribution in [0.15, 0.2) is 0 Å².